The van der Waals surface area contributed by atoms with Gasteiger partial charge < -0.3 is 5.32 Å². The maximum Gasteiger partial charge on any atom is 0.0230 e. The minimum absolute atomic E-state index is 0.378. The maximum atomic E-state index is 3.69. The predicted molar refractivity (Wildman–Crippen MR) is 54.3 cm³/mol. The molecule has 0 spiro atoms. The van der Waals surface area contributed by atoms with Crippen molar-refractivity contribution in [3.63, 3.8) is 0 Å². The molecule has 1 rings (SSSR count). The molecule has 0 aromatic heterocycles. The van der Waals surface area contributed by atoms with Gasteiger partial charge in [0.15, 0.2) is 0 Å². The van der Waals surface area contributed by atoms with Crippen LogP contribution in [0, 0.1) is 11.3 Å². The monoisotopic (exact) mass is 169 g/mol. The maximum absolute atomic E-state index is 3.69. The summed E-state index contributed by atoms with van der Waals surface area (Å²) in [4.78, 5) is 0. The topological polar surface area (TPSA) is 12.0 Å². The van der Waals surface area contributed by atoms with Crippen LogP contribution in [-0.4, -0.2) is 12.1 Å². The number of rotatable bonds is 3. The van der Waals surface area contributed by atoms with E-state index in [2.05, 4.69) is 39.9 Å². The highest BCUT2D eigenvalue weighted by atomic mass is 15.0. The summed E-state index contributed by atoms with van der Waals surface area (Å²) in [7, 11) is 0. The summed E-state index contributed by atoms with van der Waals surface area (Å²) >= 11 is 0. The van der Waals surface area contributed by atoms with Gasteiger partial charge in [-0.3, -0.25) is 0 Å². The highest BCUT2D eigenvalue weighted by molar-refractivity contribution is 5.10. The van der Waals surface area contributed by atoms with Crippen molar-refractivity contribution < 1.29 is 0 Å². The van der Waals surface area contributed by atoms with E-state index in [4.69, 9.17) is 0 Å². The van der Waals surface area contributed by atoms with E-state index in [0.29, 0.717) is 11.0 Å². The van der Waals surface area contributed by atoms with Gasteiger partial charge in [0.05, 0.1) is 0 Å². The second kappa shape index (κ2) is 3.02. The lowest BCUT2D eigenvalue weighted by molar-refractivity contribution is -0.0483. The Hall–Kier alpha value is -0.0400. The van der Waals surface area contributed by atoms with Crippen molar-refractivity contribution >= 4 is 0 Å². The van der Waals surface area contributed by atoms with Crippen molar-refractivity contribution in [2.45, 2.75) is 53.0 Å². The first kappa shape index (κ1) is 10.0. The van der Waals surface area contributed by atoms with E-state index in [1.165, 1.54) is 12.8 Å². The smallest absolute Gasteiger partial charge is 0.0230 e. The fourth-order valence-electron chi connectivity index (χ4n) is 2.52. The Balaban J connectivity index is 2.55. The van der Waals surface area contributed by atoms with Crippen LogP contribution in [0.15, 0.2) is 0 Å². The summed E-state index contributed by atoms with van der Waals surface area (Å²) in [5.41, 5.74) is 0.866. The minimum atomic E-state index is 0.378. The molecule has 12 heavy (non-hydrogen) atoms. The van der Waals surface area contributed by atoms with Gasteiger partial charge in [-0.15, -0.1) is 0 Å². The third-order valence-electron chi connectivity index (χ3n) is 3.95. The van der Waals surface area contributed by atoms with Crippen molar-refractivity contribution in [3.05, 3.63) is 0 Å². The van der Waals surface area contributed by atoms with Crippen LogP contribution in [0.4, 0.5) is 0 Å². The van der Waals surface area contributed by atoms with Crippen molar-refractivity contribution in [2.75, 3.05) is 6.54 Å². The van der Waals surface area contributed by atoms with E-state index >= 15 is 0 Å². The lowest BCUT2D eigenvalue weighted by Gasteiger charge is -2.60. The highest BCUT2D eigenvalue weighted by Crippen LogP contribution is 2.53. The largest absolute Gasteiger partial charge is 0.311 e. The van der Waals surface area contributed by atoms with Gasteiger partial charge in [-0.2, -0.15) is 0 Å². The molecule has 72 valence electrons. The molecule has 0 heterocycles. The van der Waals surface area contributed by atoms with Crippen LogP contribution in [0.25, 0.3) is 0 Å². The zero-order chi connectivity index (χ0) is 9.41. The van der Waals surface area contributed by atoms with Crippen molar-refractivity contribution in [3.8, 4) is 0 Å². The van der Waals surface area contributed by atoms with Crippen LogP contribution < -0.4 is 5.32 Å². The summed E-state index contributed by atoms with van der Waals surface area (Å²) in [6.45, 7) is 12.9. The quantitative estimate of drug-likeness (QED) is 0.685. The Labute approximate surface area is 76.9 Å². The summed E-state index contributed by atoms with van der Waals surface area (Å²) in [5, 5.41) is 3.69. The molecule has 0 radical (unpaired) electrons. The minimum Gasteiger partial charge on any atom is -0.311 e. The Morgan fingerprint density at radius 1 is 1.33 bits per heavy atom. The first-order valence-electron chi connectivity index (χ1n) is 5.19. The molecular weight excluding hydrogens is 146 g/mol. The molecule has 0 aromatic carbocycles. The van der Waals surface area contributed by atoms with E-state index in [9.17, 15) is 0 Å². The van der Waals surface area contributed by atoms with Crippen molar-refractivity contribution in [2.24, 2.45) is 11.3 Å². The lowest BCUT2D eigenvalue weighted by atomic mass is 9.51. The molecule has 2 atom stereocenters. The number of hydrogen-bond acceptors (Lipinski definition) is 1. The molecule has 0 saturated heterocycles. The van der Waals surface area contributed by atoms with Gasteiger partial charge in [0, 0.05) is 5.54 Å². The number of nitrogens with one attached hydrogen (secondary N) is 1. The van der Waals surface area contributed by atoms with Crippen LogP contribution in [-0.2, 0) is 0 Å². The van der Waals surface area contributed by atoms with Gasteiger partial charge in [-0.05, 0) is 37.6 Å². The van der Waals surface area contributed by atoms with Crippen LogP contribution in [0.3, 0.4) is 0 Å². The molecular formula is C11H23N. The Kier molecular flexibility index (Phi) is 2.53. The summed E-state index contributed by atoms with van der Waals surface area (Å²) in [5.74, 6) is 0.832. The fraction of sp³-hybridized carbons (Fsp3) is 1.00. The summed E-state index contributed by atoms with van der Waals surface area (Å²) in [6, 6.07) is 0. The second-order valence-corrected chi connectivity index (χ2v) is 5.12. The molecule has 1 aliphatic carbocycles. The fourth-order valence-corrected chi connectivity index (χ4v) is 2.52. The first-order chi connectivity index (χ1) is 5.44. The van der Waals surface area contributed by atoms with E-state index in [1.807, 2.05) is 0 Å². The molecule has 2 unspecified atom stereocenters. The highest BCUT2D eigenvalue weighted by Gasteiger charge is 2.54. The third-order valence-corrected chi connectivity index (χ3v) is 3.95. The Morgan fingerprint density at radius 3 is 2.25 bits per heavy atom. The second-order valence-electron chi connectivity index (χ2n) is 5.12. The van der Waals surface area contributed by atoms with E-state index in [0.717, 1.165) is 12.5 Å². The molecule has 1 aliphatic rings. The Morgan fingerprint density at radius 2 is 1.92 bits per heavy atom. The van der Waals surface area contributed by atoms with E-state index < -0.39 is 0 Å². The van der Waals surface area contributed by atoms with Crippen LogP contribution in [0.5, 0.6) is 0 Å². The molecule has 1 N–H and O–H groups in total. The molecule has 1 saturated carbocycles. The molecule has 0 aliphatic heterocycles. The van der Waals surface area contributed by atoms with Crippen LogP contribution in [0.1, 0.15) is 47.5 Å². The SMILES string of the molecule is CCCNC1(C)C(C)CC1(C)C. The third kappa shape index (κ3) is 1.28. The average molecular weight is 169 g/mol. The molecule has 0 amide bonds. The van der Waals surface area contributed by atoms with E-state index in [1.54, 1.807) is 0 Å². The molecule has 1 heteroatoms. The van der Waals surface area contributed by atoms with Crippen LogP contribution in [0.2, 0.25) is 0 Å². The zero-order valence-corrected chi connectivity index (χ0v) is 9.20. The standard InChI is InChI=1S/C11H23N/c1-6-7-12-11(5)9(2)8-10(11,3)4/h9,12H,6-8H2,1-5H3. The van der Waals surface area contributed by atoms with Gasteiger partial charge >= 0.3 is 0 Å². The zero-order valence-electron chi connectivity index (χ0n) is 9.20. The Bertz CT molecular complexity index is 162. The van der Waals surface area contributed by atoms with Crippen molar-refractivity contribution in [1.82, 2.24) is 5.32 Å². The average Bonchev–Trinajstić information content (AvgIpc) is 1.99. The van der Waals surface area contributed by atoms with Gasteiger partial charge in [0.25, 0.3) is 0 Å². The van der Waals surface area contributed by atoms with Crippen LogP contribution >= 0.6 is 0 Å². The lowest BCUT2D eigenvalue weighted by Crippen LogP contribution is -2.66. The first-order valence-corrected chi connectivity index (χ1v) is 5.19. The summed E-state index contributed by atoms with van der Waals surface area (Å²) < 4.78 is 0. The van der Waals surface area contributed by atoms with Gasteiger partial charge in [-0.25, -0.2) is 0 Å². The predicted octanol–water partition coefficient (Wildman–Crippen LogP) is 2.81. The summed E-state index contributed by atoms with van der Waals surface area (Å²) in [6.07, 6.45) is 2.60. The molecule has 1 fully saturated rings. The van der Waals surface area contributed by atoms with Crippen molar-refractivity contribution in [1.29, 1.82) is 0 Å². The van der Waals surface area contributed by atoms with E-state index in [-0.39, 0.29) is 0 Å². The molecule has 0 bridgehead atoms. The molecule has 0 aromatic rings. The normalized spacial score (nSPS) is 39.2. The van der Waals surface area contributed by atoms with Gasteiger partial charge in [0.2, 0.25) is 0 Å². The molecule has 1 nitrogen and oxygen atoms in total. The van der Waals surface area contributed by atoms with Gasteiger partial charge in [0.1, 0.15) is 0 Å². The number of hydrogen-bond donors (Lipinski definition) is 1. The van der Waals surface area contributed by atoms with Gasteiger partial charge in [-0.1, -0.05) is 27.7 Å².